The van der Waals surface area contributed by atoms with Crippen molar-refractivity contribution in [1.82, 2.24) is 20.6 Å². The molecule has 1 saturated carbocycles. The molecule has 1 heterocycles. The van der Waals surface area contributed by atoms with Crippen molar-refractivity contribution in [3.05, 3.63) is 59.3 Å². The molecule has 0 aliphatic heterocycles. The first-order chi connectivity index (χ1) is 17.5. The summed E-state index contributed by atoms with van der Waals surface area (Å²) in [4.78, 5) is 24.6. The largest absolute Gasteiger partial charge is 0.362 e. The van der Waals surface area contributed by atoms with Crippen molar-refractivity contribution in [1.29, 1.82) is 0 Å². The number of hydrogen-bond acceptors (Lipinski definition) is 5. The van der Waals surface area contributed by atoms with Gasteiger partial charge in [-0.2, -0.15) is 4.98 Å². The van der Waals surface area contributed by atoms with Crippen molar-refractivity contribution in [2.75, 3.05) is 24.3 Å². The van der Waals surface area contributed by atoms with Crippen molar-refractivity contribution in [2.24, 2.45) is 0 Å². The fourth-order valence-electron chi connectivity index (χ4n) is 5.70. The third kappa shape index (κ3) is 5.40. The lowest BCUT2D eigenvalue weighted by molar-refractivity contribution is 0.229. The molecule has 0 saturated heterocycles. The van der Waals surface area contributed by atoms with Crippen LogP contribution in [0.15, 0.2) is 42.5 Å². The number of hydrogen-bond donors (Lipinski definition) is 3. The lowest BCUT2D eigenvalue weighted by Crippen LogP contribution is -2.45. The molecule has 5 rings (SSSR count). The number of nitrogens with one attached hydrogen (secondary N) is 3. The molecule has 2 aliphatic rings. The van der Waals surface area contributed by atoms with Crippen LogP contribution in [0, 0.1) is 0 Å². The molecule has 0 spiro atoms. The number of rotatable bonds is 6. The highest BCUT2D eigenvalue weighted by Gasteiger charge is 2.25. The van der Waals surface area contributed by atoms with Gasteiger partial charge < -0.3 is 20.9 Å². The smallest absolute Gasteiger partial charge is 0.315 e. The summed E-state index contributed by atoms with van der Waals surface area (Å²) in [6.45, 7) is 2.04. The first kappa shape index (κ1) is 24.3. The number of aryl methyl sites for hydroxylation is 1. The lowest BCUT2D eigenvalue weighted by Gasteiger charge is -2.31. The number of carbonyl (C=O) groups is 1. The van der Waals surface area contributed by atoms with Gasteiger partial charge in [-0.05, 0) is 74.6 Å². The van der Waals surface area contributed by atoms with Gasteiger partial charge in [-0.3, -0.25) is 0 Å². The average Bonchev–Trinajstić information content (AvgIpc) is 2.89. The van der Waals surface area contributed by atoms with Crippen molar-refractivity contribution in [3.8, 4) is 0 Å². The van der Waals surface area contributed by atoms with Crippen LogP contribution in [0.1, 0.15) is 68.3 Å². The minimum Gasteiger partial charge on any atom is -0.362 e. The highest BCUT2D eigenvalue weighted by molar-refractivity contribution is 5.86. The summed E-state index contributed by atoms with van der Waals surface area (Å²) in [5.74, 6) is 1.80. The maximum atomic E-state index is 12.8. The zero-order chi connectivity index (χ0) is 25.1. The predicted molar refractivity (Wildman–Crippen MR) is 147 cm³/mol. The fourth-order valence-corrected chi connectivity index (χ4v) is 5.70. The van der Waals surface area contributed by atoms with Gasteiger partial charge in [0, 0.05) is 31.7 Å². The summed E-state index contributed by atoms with van der Waals surface area (Å²) in [7, 11) is 4.12. The Balaban J connectivity index is 1.14. The molecule has 1 fully saturated rings. The van der Waals surface area contributed by atoms with E-state index >= 15 is 0 Å². The third-order valence-corrected chi connectivity index (χ3v) is 7.62. The van der Waals surface area contributed by atoms with Gasteiger partial charge in [0.1, 0.15) is 5.82 Å². The number of amides is 2. The van der Waals surface area contributed by atoms with Crippen molar-refractivity contribution < 1.29 is 4.79 Å². The molecule has 1 aromatic heterocycles. The normalized spacial score (nSPS) is 20.3. The second-order valence-corrected chi connectivity index (χ2v) is 10.5. The molecule has 0 bridgehead atoms. The van der Waals surface area contributed by atoms with E-state index in [1.165, 1.54) is 34.9 Å². The summed E-state index contributed by atoms with van der Waals surface area (Å²) in [5, 5.41) is 12.3. The predicted octanol–water partition coefficient (Wildman–Crippen LogP) is 5.36. The number of aromatic nitrogens is 2. The van der Waals surface area contributed by atoms with Crippen LogP contribution in [0.2, 0.25) is 0 Å². The molecule has 190 valence electrons. The Kier molecular flexibility index (Phi) is 7.25. The average molecular weight is 487 g/mol. The monoisotopic (exact) mass is 486 g/mol. The van der Waals surface area contributed by atoms with Gasteiger partial charge in [-0.25, -0.2) is 9.78 Å². The van der Waals surface area contributed by atoms with Crippen LogP contribution in [-0.2, 0) is 12.8 Å². The van der Waals surface area contributed by atoms with Crippen molar-refractivity contribution >= 4 is 28.6 Å². The second kappa shape index (κ2) is 10.7. The van der Waals surface area contributed by atoms with Gasteiger partial charge in [0.05, 0.1) is 11.7 Å². The molecular formula is C29H38N6O. The summed E-state index contributed by atoms with van der Waals surface area (Å²) in [6, 6.07) is 14.9. The Labute approximate surface area is 214 Å². The van der Waals surface area contributed by atoms with Gasteiger partial charge in [0.2, 0.25) is 5.95 Å². The molecule has 2 aliphatic carbocycles. The molecule has 0 radical (unpaired) electrons. The zero-order valence-electron chi connectivity index (χ0n) is 21.7. The van der Waals surface area contributed by atoms with E-state index < -0.39 is 0 Å². The highest BCUT2D eigenvalue weighted by atomic mass is 16.2. The summed E-state index contributed by atoms with van der Waals surface area (Å²) >= 11 is 0. The van der Waals surface area contributed by atoms with E-state index in [4.69, 9.17) is 9.97 Å². The molecule has 2 amide bonds. The van der Waals surface area contributed by atoms with E-state index in [0.717, 1.165) is 55.9 Å². The second-order valence-electron chi connectivity index (χ2n) is 10.5. The first-order valence-electron chi connectivity index (χ1n) is 13.4. The number of benzene rings is 2. The van der Waals surface area contributed by atoms with Crippen LogP contribution < -0.4 is 20.9 Å². The van der Waals surface area contributed by atoms with Crippen molar-refractivity contribution in [2.45, 2.75) is 76.4 Å². The Morgan fingerprint density at radius 1 is 0.944 bits per heavy atom. The topological polar surface area (TPSA) is 82.2 Å². The SMILES string of the molecule is CC(NC(=O)NC1CCC(Nc2nc3c(c(N(C)C)n2)CCCC3)CC1)c1cccc2ccccc12. The molecule has 1 unspecified atom stereocenters. The third-order valence-electron chi connectivity index (χ3n) is 7.62. The molecule has 3 aromatic rings. The van der Waals surface area contributed by atoms with E-state index in [9.17, 15) is 4.79 Å². The maximum Gasteiger partial charge on any atom is 0.315 e. The quantitative estimate of drug-likeness (QED) is 0.437. The Bertz CT molecular complexity index is 1210. The Morgan fingerprint density at radius 3 is 2.47 bits per heavy atom. The van der Waals surface area contributed by atoms with Crippen molar-refractivity contribution in [3.63, 3.8) is 0 Å². The minimum atomic E-state index is -0.0968. The molecule has 3 N–H and O–H groups in total. The number of urea groups is 1. The Hall–Kier alpha value is -3.35. The van der Waals surface area contributed by atoms with E-state index in [-0.39, 0.29) is 18.1 Å². The van der Waals surface area contributed by atoms with Crippen LogP contribution in [-0.4, -0.2) is 42.2 Å². The molecule has 7 nitrogen and oxygen atoms in total. The number of nitrogens with zero attached hydrogens (tertiary/aromatic N) is 3. The van der Waals surface area contributed by atoms with Gasteiger partial charge in [0.15, 0.2) is 0 Å². The zero-order valence-corrected chi connectivity index (χ0v) is 21.7. The maximum absolute atomic E-state index is 12.8. The summed E-state index contributed by atoms with van der Waals surface area (Å²) in [5.41, 5.74) is 3.65. The number of anilines is 2. The van der Waals surface area contributed by atoms with Gasteiger partial charge in [0.25, 0.3) is 0 Å². The number of fused-ring (bicyclic) bond motifs is 2. The van der Waals surface area contributed by atoms with Crippen LogP contribution in [0.3, 0.4) is 0 Å². The molecule has 36 heavy (non-hydrogen) atoms. The minimum absolute atomic E-state index is 0.0684. The molecule has 7 heteroatoms. The number of carbonyl (C=O) groups excluding carboxylic acids is 1. The molecule has 2 aromatic carbocycles. The highest BCUT2D eigenvalue weighted by Crippen LogP contribution is 2.29. The Morgan fingerprint density at radius 2 is 1.67 bits per heavy atom. The first-order valence-corrected chi connectivity index (χ1v) is 13.4. The van der Waals surface area contributed by atoms with Crippen LogP contribution in [0.25, 0.3) is 10.8 Å². The molecular weight excluding hydrogens is 448 g/mol. The van der Waals surface area contributed by atoms with E-state index in [1.54, 1.807) is 0 Å². The van der Waals surface area contributed by atoms with Gasteiger partial charge >= 0.3 is 6.03 Å². The molecule has 1 atom stereocenters. The van der Waals surface area contributed by atoms with E-state index in [2.05, 4.69) is 65.3 Å². The van der Waals surface area contributed by atoms with E-state index in [1.807, 2.05) is 19.1 Å². The van der Waals surface area contributed by atoms with Gasteiger partial charge in [-0.15, -0.1) is 0 Å². The van der Waals surface area contributed by atoms with Gasteiger partial charge in [-0.1, -0.05) is 42.5 Å². The summed E-state index contributed by atoms with van der Waals surface area (Å²) < 4.78 is 0. The van der Waals surface area contributed by atoms with E-state index in [0.29, 0.717) is 6.04 Å². The van der Waals surface area contributed by atoms with Crippen LogP contribution in [0.4, 0.5) is 16.6 Å². The fraction of sp³-hybridized carbons (Fsp3) is 0.483. The van der Waals surface area contributed by atoms with Crippen LogP contribution >= 0.6 is 0 Å². The van der Waals surface area contributed by atoms with Crippen LogP contribution in [0.5, 0.6) is 0 Å². The lowest BCUT2D eigenvalue weighted by atomic mass is 9.91. The standard InChI is InChI=1S/C29H38N6O/c1-19(23-13-8-10-20-9-4-5-11-24(20)23)30-29(36)32-22-17-15-21(16-18-22)31-28-33-26-14-7-6-12-25(26)27(34-28)35(2)3/h4-5,8-11,13,19,21-22H,6-7,12,14-18H2,1-3H3,(H2,30,32,36)(H,31,33,34). The summed E-state index contributed by atoms with van der Waals surface area (Å²) in [6.07, 6.45) is 8.39.